The van der Waals surface area contributed by atoms with Crippen molar-refractivity contribution in [3.8, 4) is 5.75 Å². The molecule has 0 aliphatic heterocycles. The SMILES string of the molecule is COCCOc1ccc(C(F)(F)F)cc1NC(=O)COC(=O)c1cc(Cl)ccc1F. The molecule has 2 aromatic rings. The Morgan fingerprint density at radius 2 is 1.83 bits per heavy atom. The third kappa shape index (κ3) is 6.60. The highest BCUT2D eigenvalue weighted by Gasteiger charge is 2.31. The molecule has 0 unspecified atom stereocenters. The second-order valence-corrected chi connectivity index (χ2v) is 6.23. The van der Waals surface area contributed by atoms with Crippen LogP contribution < -0.4 is 10.1 Å². The van der Waals surface area contributed by atoms with Gasteiger partial charge in [-0.3, -0.25) is 4.79 Å². The smallest absolute Gasteiger partial charge is 0.416 e. The van der Waals surface area contributed by atoms with E-state index in [9.17, 15) is 27.2 Å². The van der Waals surface area contributed by atoms with E-state index in [0.717, 1.165) is 24.3 Å². The maximum atomic E-state index is 13.7. The molecule has 0 aliphatic carbocycles. The molecule has 0 bridgehead atoms. The van der Waals surface area contributed by atoms with Crippen molar-refractivity contribution in [1.82, 2.24) is 0 Å². The molecule has 30 heavy (non-hydrogen) atoms. The molecule has 0 aliphatic rings. The van der Waals surface area contributed by atoms with E-state index < -0.39 is 41.6 Å². The largest absolute Gasteiger partial charge is 0.489 e. The molecule has 0 atom stereocenters. The fourth-order valence-corrected chi connectivity index (χ4v) is 2.39. The summed E-state index contributed by atoms with van der Waals surface area (Å²) in [6.45, 7) is -0.691. The first-order valence-corrected chi connectivity index (χ1v) is 8.74. The Bertz CT molecular complexity index is 920. The minimum absolute atomic E-state index is 0.0216. The van der Waals surface area contributed by atoms with Gasteiger partial charge in [-0.2, -0.15) is 13.2 Å². The van der Waals surface area contributed by atoms with E-state index in [1.807, 2.05) is 0 Å². The van der Waals surface area contributed by atoms with E-state index in [0.29, 0.717) is 6.07 Å². The van der Waals surface area contributed by atoms with Gasteiger partial charge in [0, 0.05) is 12.1 Å². The summed E-state index contributed by atoms with van der Waals surface area (Å²) in [5.74, 6) is -3.07. The zero-order chi connectivity index (χ0) is 22.3. The number of ether oxygens (including phenoxy) is 3. The van der Waals surface area contributed by atoms with E-state index in [1.165, 1.54) is 13.2 Å². The van der Waals surface area contributed by atoms with Gasteiger partial charge in [-0.1, -0.05) is 11.6 Å². The fraction of sp³-hybridized carbons (Fsp3) is 0.263. The van der Waals surface area contributed by atoms with Gasteiger partial charge in [-0.15, -0.1) is 0 Å². The van der Waals surface area contributed by atoms with Crippen LogP contribution in [0.5, 0.6) is 5.75 Å². The van der Waals surface area contributed by atoms with Gasteiger partial charge < -0.3 is 19.5 Å². The molecular weight excluding hydrogens is 434 g/mol. The van der Waals surface area contributed by atoms with Crippen LogP contribution in [-0.4, -0.2) is 38.8 Å². The Kier molecular flexibility index (Phi) is 8.01. The Balaban J connectivity index is 2.09. The second kappa shape index (κ2) is 10.3. The van der Waals surface area contributed by atoms with Crippen molar-refractivity contribution in [3.63, 3.8) is 0 Å². The number of hydrogen-bond acceptors (Lipinski definition) is 5. The van der Waals surface area contributed by atoms with Crippen LogP contribution in [0.1, 0.15) is 15.9 Å². The van der Waals surface area contributed by atoms with Crippen LogP contribution in [0.25, 0.3) is 0 Å². The molecular formula is C19H16ClF4NO5. The first-order chi connectivity index (χ1) is 14.1. The van der Waals surface area contributed by atoms with Crippen molar-refractivity contribution in [2.75, 3.05) is 32.2 Å². The lowest BCUT2D eigenvalue weighted by molar-refractivity contribution is -0.137. The number of carbonyl (C=O) groups excluding carboxylic acids is 2. The summed E-state index contributed by atoms with van der Waals surface area (Å²) in [7, 11) is 1.41. The maximum Gasteiger partial charge on any atom is 0.416 e. The van der Waals surface area contributed by atoms with Crippen molar-refractivity contribution in [2.45, 2.75) is 6.18 Å². The number of esters is 1. The lowest BCUT2D eigenvalue weighted by Crippen LogP contribution is -2.22. The van der Waals surface area contributed by atoms with Crippen molar-refractivity contribution in [2.24, 2.45) is 0 Å². The van der Waals surface area contributed by atoms with Crippen LogP contribution in [0.2, 0.25) is 5.02 Å². The van der Waals surface area contributed by atoms with Gasteiger partial charge in [0.15, 0.2) is 6.61 Å². The Morgan fingerprint density at radius 1 is 1.10 bits per heavy atom. The average molecular weight is 450 g/mol. The van der Waals surface area contributed by atoms with Crippen LogP contribution in [0.4, 0.5) is 23.2 Å². The van der Waals surface area contributed by atoms with E-state index >= 15 is 0 Å². The highest BCUT2D eigenvalue weighted by atomic mass is 35.5. The molecule has 11 heteroatoms. The summed E-state index contributed by atoms with van der Waals surface area (Å²) in [5.41, 5.74) is -1.79. The first-order valence-electron chi connectivity index (χ1n) is 8.37. The van der Waals surface area contributed by atoms with Gasteiger partial charge in [-0.25, -0.2) is 9.18 Å². The third-order valence-electron chi connectivity index (χ3n) is 3.61. The summed E-state index contributed by atoms with van der Waals surface area (Å²) in [5, 5.41) is 2.26. The summed E-state index contributed by atoms with van der Waals surface area (Å²) in [6, 6.07) is 5.70. The lowest BCUT2D eigenvalue weighted by atomic mass is 10.1. The van der Waals surface area contributed by atoms with Crippen LogP contribution in [0, 0.1) is 5.82 Å². The van der Waals surface area contributed by atoms with Gasteiger partial charge in [0.05, 0.1) is 23.4 Å². The van der Waals surface area contributed by atoms with Gasteiger partial charge in [0.25, 0.3) is 5.91 Å². The molecule has 1 amide bonds. The molecule has 2 aromatic carbocycles. The average Bonchev–Trinajstić information content (AvgIpc) is 2.68. The number of benzene rings is 2. The summed E-state index contributed by atoms with van der Waals surface area (Å²) in [4.78, 5) is 24.0. The highest BCUT2D eigenvalue weighted by molar-refractivity contribution is 6.30. The summed E-state index contributed by atoms with van der Waals surface area (Å²) in [6.07, 6.45) is -4.65. The van der Waals surface area contributed by atoms with Gasteiger partial charge in [0.2, 0.25) is 0 Å². The standard InChI is InChI=1S/C19H16ClF4NO5/c1-28-6-7-29-16-5-2-11(19(22,23)24)8-15(16)25-17(26)10-30-18(27)13-9-12(20)3-4-14(13)21/h2-5,8-9H,6-7,10H2,1H3,(H,25,26). The number of amides is 1. The van der Waals surface area contributed by atoms with E-state index in [4.69, 9.17) is 25.8 Å². The minimum atomic E-state index is -4.65. The lowest BCUT2D eigenvalue weighted by Gasteiger charge is -2.15. The molecule has 162 valence electrons. The molecule has 0 radical (unpaired) electrons. The molecule has 2 rings (SSSR count). The number of halogens is 5. The number of rotatable bonds is 8. The summed E-state index contributed by atoms with van der Waals surface area (Å²) >= 11 is 5.68. The van der Waals surface area contributed by atoms with Crippen molar-refractivity contribution >= 4 is 29.2 Å². The maximum absolute atomic E-state index is 13.7. The van der Waals surface area contributed by atoms with Crippen LogP contribution >= 0.6 is 11.6 Å². The number of carbonyl (C=O) groups is 2. The van der Waals surface area contributed by atoms with Gasteiger partial charge in [0.1, 0.15) is 18.2 Å². The van der Waals surface area contributed by atoms with Crippen molar-refractivity contribution in [3.05, 3.63) is 58.4 Å². The predicted octanol–water partition coefficient (Wildman–Crippen LogP) is 4.32. The van der Waals surface area contributed by atoms with Gasteiger partial charge >= 0.3 is 12.1 Å². The number of methoxy groups -OCH3 is 1. The van der Waals surface area contributed by atoms with E-state index in [2.05, 4.69) is 5.32 Å². The predicted molar refractivity (Wildman–Crippen MR) is 99.1 cm³/mol. The monoisotopic (exact) mass is 449 g/mol. The zero-order valence-corrected chi connectivity index (χ0v) is 16.3. The second-order valence-electron chi connectivity index (χ2n) is 5.80. The molecule has 0 heterocycles. The Morgan fingerprint density at radius 3 is 2.50 bits per heavy atom. The zero-order valence-electron chi connectivity index (χ0n) is 15.5. The molecule has 0 saturated heterocycles. The highest BCUT2D eigenvalue weighted by Crippen LogP contribution is 2.35. The number of hydrogen-bond donors (Lipinski definition) is 1. The topological polar surface area (TPSA) is 73.9 Å². The van der Waals surface area contributed by atoms with E-state index in [1.54, 1.807) is 0 Å². The molecule has 0 aromatic heterocycles. The van der Waals surface area contributed by atoms with Crippen molar-refractivity contribution in [1.29, 1.82) is 0 Å². The molecule has 0 spiro atoms. The summed E-state index contributed by atoms with van der Waals surface area (Å²) < 4.78 is 67.3. The Hall–Kier alpha value is -2.85. The fourth-order valence-electron chi connectivity index (χ4n) is 2.21. The number of anilines is 1. The Labute approximate surface area is 173 Å². The number of alkyl halides is 3. The first kappa shape index (κ1) is 23.4. The van der Waals surface area contributed by atoms with Crippen LogP contribution in [0.15, 0.2) is 36.4 Å². The van der Waals surface area contributed by atoms with Crippen molar-refractivity contribution < 1.29 is 41.4 Å². The number of nitrogens with one attached hydrogen (secondary N) is 1. The van der Waals surface area contributed by atoms with E-state index in [-0.39, 0.29) is 29.7 Å². The molecule has 0 fully saturated rings. The molecule has 0 saturated carbocycles. The molecule has 1 N–H and O–H groups in total. The van der Waals surface area contributed by atoms with Gasteiger partial charge in [-0.05, 0) is 36.4 Å². The van der Waals surface area contributed by atoms with Crippen LogP contribution in [-0.2, 0) is 20.4 Å². The molecule has 6 nitrogen and oxygen atoms in total. The van der Waals surface area contributed by atoms with Crippen LogP contribution in [0.3, 0.4) is 0 Å². The normalized spacial score (nSPS) is 11.1. The third-order valence-corrected chi connectivity index (χ3v) is 3.84. The quantitative estimate of drug-likeness (QED) is 0.369. The minimum Gasteiger partial charge on any atom is -0.489 e.